The quantitative estimate of drug-likeness (QED) is 0.867. The van der Waals surface area contributed by atoms with Gasteiger partial charge >= 0.3 is 0 Å². The fourth-order valence-corrected chi connectivity index (χ4v) is 2.64. The summed E-state index contributed by atoms with van der Waals surface area (Å²) in [6, 6.07) is 11.8. The molecule has 1 aliphatic rings. The zero-order valence-corrected chi connectivity index (χ0v) is 11.8. The van der Waals surface area contributed by atoms with Crippen molar-refractivity contribution in [3.8, 4) is 5.75 Å². The molecule has 21 heavy (non-hydrogen) atoms. The molecule has 1 amide bonds. The van der Waals surface area contributed by atoms with E-state index in [1.807, 2.05) is 18.2 Å². The van der Waals surface area contributed by atoms with Crippen LogP contribution in [0, 0.1) is 5.82 Å². The van der Waals surface area contributed by atoms with Gasteiger partial charge in [-0.1, -0.05) is 12.1 Å². The van der Waals surface area contributed by atoms with Gasteiger partial charge in [-0.25, -0.2) is 4.39 Å². The first-order valence-corrected chi connectivity index (χ1v) is 6.89. The molecule has 108 valence electrons. The van der Waals surface area contributed by atoms with Gasteiger partial charge in [0.2, 0.25) is 5.91 Å². The summed E-state index contributed by atoms with van der Waals surface area (Å²) in [5, 5.41) is 0. The number of halogens is 1. The Morgan fingerprint density at radius 2 is 2.00 bits per heavy atom. The summed E-state index contributed by atoms with van der Waals surface area (Å²) in [7, 11) is 1.63. The summed E-state index contributed by atoms with van der Waals surface area (Å²) in [5.41, 5.74) is 2.90. The Morgan fingerprint density at radius 1 is 1.24 bits per heavy atom. The molecule has 4 heteroatoms. The second-order valence-corrected chi connectivity index (χ2v) is 5.09. The van der Waals surface area contributed by atoms with Crippen LogP contribution in [0.25, 0.3) is 0 Å². The van der Waals surface area contributed by atoms with Gasteiger partial charge in [0.1, 0.15) is 11.6 Å². The fraction of sp³-hybridized carbons (Fsp3) is 0.235. The number of fused-ring (bicyclic) bond motifs is 1. The molecule has 1 heterocycles. The van der Waals surface area contributed by atoms with Crippen LogP contribution in [-0.4, -0.2) is 19.6 Å². The van der Waals surface area contributed by atoms with Gasteiger partial charge in [-0.05, 0) is 47.9 Å². The van der Waals surface area contributed by atoms with Crippen molar-refractivity contribution in [2.24, 2.45) is 0 Å². The molecule has 0 fully saturated rings. The Hall–Kier alpha value is -2.36. The lowest BCUT2D eigenvalue weighted by atomic mass is 10.1. The number of hydrogen-bond acceptors (Lipinski definition) is 2. The summed E-state index contributed by atoms with van der Waals surface area (Å²) in [6.45, 7) is 0.683. The first kappa shape index (κ1) is 13.6. The van der Waals surface area contributed by atoms with Gasteiger partial charge in [-0.2, -0.15) is 0 Å². The molecule has 0 unspecified atom stereocenters. The Morgan fingerprint density at radius 3 is 2.71 bits per heavy atom. The highest BCUT2D eigenvalue weighted by atomic mass is 19.1. The van der Waals surface area contributed by atoms with Crippen molar-refractivity contribution in [3.63, 3.8) is 0 Å². The smallest absolute Gasteiger partial charge is 0.231 e. The second kappa shape index (κ2) is 5.56. The van der Waals surface area contributed by atoms with Crippen LogP contribution >= 0.6 is 0 Å². The van der Waals surface area contributed by atoms with Crippen molar-refractivity contribution in [1.82, 2.24) is 0 Å². The molecule has 0 bridgehead atoms. The molecule has 0 saturated heterocycles. The number of nitrogens with zero attached hydrogens (tertiary/aromatic N) is 1. The number of ether oxygens (including phenoxy) is 1. The van der Waals surface area contributed by atoms with E-state index in [0.29, 0.717) is 6.54 Å². The fourth-order valence-electron chi connectivity index (χ4n) is 2.64. The molecule has 0 aromatic heterocycles. The minimum absolute atomic E-state index is 0.0329. The van der Waals surface area contributed by atoms with Crippen molar-refractivity contribution in [1.29, 1.82) is 0 Å². The van der Waals surface area contributed by atoms with Crippen molar-refractivity contribution in [2.45, 2.75) is 12.8 Å². The van der Waals surface area contributed by atoms with Crippen LogP contribution in [0.4, 0.5) is 10.1 Å². The maximum absolute atomic E-state index is 12.9. The predicted octanol–water partition coefficient (Wildman–Crippen LogP) is 2.97. The monoisotopic (exact) mass is 285 g/mol. The van der Waals surface area contributed by atoms with Crippen LogP contribution in [0.15, 0.2) is 42.5 Å². The number of carbonyl (C=O) groups excluding carboxylic acids is 1. The lowest BCUT2D eigenvalue weighted by molar-refractivity contribution is -0.117. The molecule has 3 nitrogen and oxygen atoms in total. The van der Waals surface area contributed by atoms with Crippen LogP contribution in [0.5, 0.6) is 5.75 Å². The Bertz CT molecular complexity index is 667. The largest absolute Gasteiger partial charge is 0.497 e. The van der Waals surface area contributed by atoms with E-state index in [2.05, 4.69) is 0 Å². The molecule has 0 aliphatic carbocycles. The van der Waals surface area contributed by atoms with Gasteiger partial charge in [-0.3, -0.25) is 4.79 Å². The van der Waals surface area contributed by atoms with Gasteiger partial charge in [0, 0.05) is 12.2 Å². The average Bonchev–Trinajstić information content (AvgIpc) is 2.92. The topological polar surface area (TPSA) is 29.5 Å². The average molecular weight is 285 g/mol. The molecule has 0 atom stereocenters. The van der Waals surface area contributed by atoms with E-state index in [1.54, 1.807) is 24.1 Å². The number of carbonyl (C=O) groups is 1. The summed E-state index contributed by atoms with van der Waals surface area (Å²) in [4.78, 5) is 14.2. The van der Waals surface area contributed by atoms with E-state index in [0.717, 1.165) is 29.0 Å². The molecule has 0 spiro atoms. The first-order valence-electron chi connectivity index (χ1n) is 6.89. The number of rotatable bonds is 3. The highest BCUT2D eigenvalue weighted by molar-refractivity contribution is 5.96. The normalized spacial score (nSPS) is 13.1. The number of methoxy groups -OCH3 is 1. The number of anilines is 1. The second-order valence-electron chi connectivity index (χ2n) is 5.09. The lowest BCUT2D eigenvalue weighted by Gasteiger charge is -2.17. The molecule has 1 aliphatic heterocycles. The SMILES string of the molecule is COc1ccc2c(c1)CCN2C(=O)Cc1ccc(F)cc1. The molecule has 0 saturated carbocycles. The highest BCUT2D eigenvalue weighted by Gasteiger charge is 2.24. The molecule has 0 N–H and O–H groups in total. The van der Waals surface area contributed by atoms with Crippen molar-refractivity contribution < 1.29 is 13.9 Å². The minimum Gasteiger partial charge on any atom is -0.497 e. The van der Waals surface area contributed by atoms with Crippen LogP contribution in [-0.2, 0) is 17.6 Å². The van der Waals surface area contributed by atoms with E-state index >= 15 is 0 Å². The standard InChI is InChI=1S/C17H16FNO2/c1-21-15-6-7-16-13(11-15)8-9-19(16)17(20)10-12-2-4-14(18)5-3-12/h2-7,11H,8-10H2,1H3. The van der Waals surface area contributed by atoms with Crippen molar-refractivity contribution in [3.05, 3.63) is 59.4 Å². The van der Waals surface area contributed by atoms with Crippen LogP contribution < -0.4 is 9.64 Å². The molecule has 3 rings (SSSR count). The van der Waals surface area contributed by atoms with Gasteiger partial charge in [0.25, 0.3) is 0 Å². The Kier molecular flexibility index (Phi) is 3.60. The van der Waals surface area contributed by atoms with Gasteiger partial charge in [-0.15, -0.1) is 0 Å². The Labute approximate surface area is 123 Å². The van der Waals surface area contributed by atoms with E-state index in [4.69, 9.17) is 4.74 Å². The summed E-state index contributed by atoms with van der Waals surface area (Å²) in [5.74, 6) is 0.553. The number of benzene rings is 2. The van der Waals surface area contributed by atoms with Gasteiger partial charge < -0.3 is 9.64 Å². The molecule has 0 radical (unpaired) electrons. The first-order chi connectivity index (χ1) is 10.2. The van der Waals surface area contributed by atoms with Crippen molar-refractivity contribution >= 4 is 11.6 Å². The van der Waals surface area contributed by atoms with Crippen LogP contribution in [0.2, 0.25) is 0 Å². The third kappa shape index (κ3) is 2.75. The van der Waals surface area contributed by atoms with Crippen molar-refractivity contribution in [2.75, 3.05) is 18.6 Å². The zero-order valence-electron chi connectivity index (χ0n) is 11.8. The molecular formula is C17H16FNO2. The predicted molar refractivity (Wildman–Crippen MR) is 79.2 cm³/mol. The van der Waals surface area contributed by atoms with E-state index in [9.17, 15) is 9.18 Å². The maximum Gasteiger partial charge on any atom is 0.231 e. The third-order valence-electron chi connectivity index (χ3n) is 3.75. The summed E-state index contributed by atoms with van der Waals surface area (Å²) >= 11 is 0. The molecule has 2 aromatic rings. The van der Waals surface area contributed by atoms with Crippen LogP contribution in [0.1, 0.15) is 11.1 Å². The van der Waals surface area contributed by atoms with E-state index < -0.39 is 0 Å². The Balaban J connectivity index is 1.77. The summed E-state index contributed by atoms with van der Waals surface area (Å²) in [6.07, 6.45) is 1.12. The maximum atomic E-state index is 12.9. The van der Waals surface area contributed by atoms with Crippen LogP contribution in [0.3, 0.4) is 0 Å². The highest BCUT2D eigenvalue weighted by Crippen LogP contribution is 2.31. The number of hydrogen-bond donors (Lipinski definition) is 0. The summed E-state index contributed by atoms with van der Waals surface area (Å²) < 4.78 is 18.1. The molecule has 2 aromatic carbocycles. The number of amides is 1. The van der Waals surface area contributed by atoms with Gasteiger partial charge in [0.05, 0.1) is 13.5 Å². The zero-order chi connectivity index (χ0) is 14.8. The third-order valence-corrected chi connectivity index (χ3v) is 3.75. The minimum atomic E-state index is -0.287. The van der Waals surface area contributed by atoms with E-state index in [1.165, 1.54) is 12.1 Å². The van der Waals surface area contributed by atoms with E-state index in [-0.39, 0.29) is 18.1 Å². The van der Waals surface area contributed by atoms with Gasteiger partial charge in [0.15, 0.2) is 0 Å². The lowest BCUT2D eigenvalue weighted by Crippen LogP contribution is -2.30. The molecular weight excluding hydrogens is 269 g/mol.